The highest BCUT2D eigenvalue weighted by Gasteiger charge is 2.26. The van der Waals surface area contributed by atoms with E-state index >= 15 is 0 Å². The van der Waals surface area contributed by atoms with Gasteiger partial charge in [-0.25, -0.2) is 0 Å². The summed E-state index contributed by atoms with van der Waals surface area (Å²) < 4.78 is 0. The Morgan fingerprint density at radius 3 is 1.96 bits per heavy atom. The lowest BCUT2D eigenvalue weighted by molar-refractivity contribution is -0.140. The van der Waals surface area contributed by atoms with Crippen LogP contribution in [0.5, 0.6) is 0 Å². The molecule has 4 heteroatoms. The van der Waals surface area contributed by atoms with Crippen LogP contribution >= 0.6 is 0 Å². The molecule has 1 saturated heterocycles. The first-order valence-electron chi connectivity index (χ1n) is 8.45. The Bertz CT molecular complexity index is 526. The van der Waals surface area contributed by atoms with Crippen molar-refractivity contribution in [3.05, 3.63) is 35.9 Å². The monoisotopic (exact) mass is 316 g/mol. The molecule has 1 aromatic rings. The van der Waals surface area contributed by atoms with Crippen molar-refractivity contribution >= 4 is 11.8 Å². The van der Waals surface area contributed by atoms with Crippen molar-refractivity contribution in [2.45, 2.75) is 40.0 Å². The topological polar surface area (TPSA) is 40.6 Å². The molecule has 0 saturated carbocycles. The van der Waals surface area contributed by atoms with E-state index in [0.717, 1.165) is 6.42 Å². The Morgan fingerprint density at radius 2 is 1.43 bits per heavy atom. The maximum Gasteiger partial charge on any atom is 0.223 e. The Labute approximate surface area is 139 Å². The highest BCUT2D eigenvalue weighted by Crippen LogP contribution is 2.20. The molecule has 0 aliphatic carbocycles. The number of benzene rings is 1. The van der Waals surface area contributed by atoms with Crippen LogP contribution < -0.4 is 0 Å². The van der Waals surface area contributed by atoms with Gasteiger partial charge in [0.05, 0.1) is 0 Å². The van der Waals surface area contributed by atoms with Crippen molar-refractivity contribution in [2.24, 2.45) is 5.41 Å². The van der Waals surface area contributed by atoms with Crippen LogP contribution in [0.1, 0.15) is 39.2 Å². The van der Waals surface area contributed by atoms with Crippen molar-refractivity contribution in [2.75, 3.05) is 26.2 Å². The molecule has 23 heavy (non-hydrogen) atoms. The number of carbonyl (C=O) groups is 2. The number of aryl methyl sites for hydroxylation is 1. The van der Waals surface area contributed by atoms with Crippen LogP contribution in [0.2, 0.25) is 0 Å². The van der Waals surface area contributed by atoms with E-state index in [1.807, 2.05) is 28.0 Å². The second-order valence-electron chi connectivity index (χ2n) is 7.48. The van der Waals surface area contributed by atoms with Crippen molar-refractivity contribution in [1.82, 2.24) is 9.80 Å². The van der Waals surface area contributed by atoms with E-state index in [1.165, 1.54) is 5.56 Å². The van der Waals surface area contributed by atoms with E-state index in [0.29, 0.717) is 39.0 Å². The summed E-state index contributed by atoms with van der Waals surface area (Å²) in [6.45, 7) is 8.86. The molecule has 126 valence electrons. The van der Waals surface area contributed by atoms with Gasteiger partial charge in [-0.3, -0.25) is 9.59 Å². The Morgan fingerprint density at radius 1 is 0.913 bits per heavy atom. The average molecular weight is 316 g/mol. The average Bonchev–Trinajstić information content (AvgIpc) is 2.52. The fourth-order valence-corrected chi connectivity index (χ4v) is 2.82. The molecule has 0 spiro atoms. The van der Waals surface area contributed by atoms with Gasteiger partial charge in [-0.2, -0.15) is 0 Å². The molecule has 1 fully saturated rings. The summed E-state index contributed by atoms with van der Waals surface area (Å²) >= 11 is 0. The van der Waals surface area contributed by atoms with Gasteiger partial charge in [0.25, 0.3) is 0 Å². The molecule has 0 bridgehead atoms. The number of amides is 2. The molecule has 1 heterocycles. The fourth-order valence-electron chi connectivity index (χ4n) is 2.82. The first-order valence-corrected chi connectivity index (χ1v) is 8.45. The highest BCUT2D eigenvalue weighted by molar-refractivity contribution is 5.79. The molecule has 2 amide bonds. The predicted molar refractivity (Wildman–Crippen MR) is 92.0 cm³/mol. The molecule has 0 aromatic heterocycles. The number of hydrogen-bond acceptors (Lipinski definition) is 2. The van der Waals surface area contributed by atoms with Gasteiger partial charge in [-0.05, 0) is 17.4 Å². The molecule has 4 nitrogen and oxygen atoms in total. The van der Waals surface area contributed by atoms with E-state index in [4.69, 9.17) is 0 Å². The lowest BCUT2D eigenvalue weighted by atomic mass is 9.91. The summed E-state index contributed by atoms with van der Waals surface area (Å²) in [5, 5.41) is 0. The SMILES string of the molecule is CC(C)(C)CC(=O)N1CCN(C(=O)CCc2ccccc2)CC1. The first kappa shape index (κ1) is 17.5. The number of piperazine rings is 1. The summed E-state index contributed by atoms with van der Waals surface area (Å²) in [6, 6.07) is 10.1. The van der Waals surface area contributed by atoms with Crippen LogP contribution in [0.15, 0.2) is 30.3 Å². The number of carbonyl (C=O) groups excluding carboxylic acids is 2. The van der Waals surface area contributed by atoms with E-state index < -0.39 is 0 Å². The van der Waals surface area contributed by atoms with Crippen molar-refractivity contribution in [3.63, 3.8) is 0 Å². The van der Waals surface area contributed by atoms with Crippen molar-refractivity contribution < 1.29 is 9.59 Å². The molecule has 2 rings (SSSR count). The van der Waals surface area contributed by atoms with E-state index in [-0.39, 0.29) is 17.2 Å². The molecule has 0 atom stereocenters. The normalized spacial score (nSPS) is 15.6. The Hall–Kier alpha value is -1.84. The molecule has 0 unspecified atom stereocenters. The molecule has 1 aliphatic rings. The van der Waals surface area contributed by atoms with Gasteiger partial charge in [0.15, 0.2) is 0 Å². The molecule has 0 N–H and O–H groups in total. The second-order valence-corrected chi connectivity index (χ2v) is 7.48. The smallest absolute Gasteiger partial charge is 0.223 e. The van der Waals surface area contributed by atoms with Crippen LogP contribution in [0.3, 0.4) is 0 Å². The maximum atomic E-state index is 12.3. The zero-order valence-corrected chi connectivity index (χ0v) is 14.5. The van der Waals surface area contributed by atoms with Crippen molar-refractivity contribution in [3.8, 4) is 0 Å². The maximum absolute atomic E-state index is 12.3. The molecule has 1 aromatic carbocycles. The van der Waals surface area contributed by atoms with Gasteiger partial charge in [0.1, 0.15) is 0 Å². The minimum atomic E-state index is 0.0136. The van der Waals surface area contributed by atoms with Crippen LogP contribution in [-0.4, -0.2) is 47.8 Å². The van der Waals surface area contributed by atoms with E-state index in [1.54, 1.807) is 0 Å². The summed E-state index contributed by atoms with van der Waals surface area (Å²) in [4.78, 5) is 28.3. The summed E-state index contributed by atoms with van der Waals surface area (Å²) in [5.74, 6) is 0.394. The molecule has 1 aliphatic heterocycles. The van der Waals surface area contributed by atoms with Gasteiger partial charge in [-0.15, -0.1) is 0 Å². The van der Waals surface area contributed by atoms with Gasteiger partial charge < -0.3 is 9.80 Å². The van der Waals surface area contributed by atoms with Gasteiger partial charge in [0, 0.05) is 39.0 Å². The summed E-state index contributed by atoms with van der Waals surface area (Å²) in [6.07, 6.45) is 1.89. The lowest BCUT2D eigenvalue weighted by Gasteiger charge is -2.36. The largest absolute Gasteiger partial charge is 0.339 e. The van der Waals surface area contributed by atoms with E-state index in [9.17, 15) is 9.59 Å². The van der Waals surface area contributed by atoms with E-state index in [2.05, 4.69) is 32.9 Å². The van der Waals surface area contributed by atoms with Crippen molar-refractivity contribution in [1.29, 1.82) is 0 Å². The molecule has 0 radical (unpaired) electrons. The Balaban J connectivity index is 1.75. The first-order chi connectivity index (χ1) is 10.8. The minimum absolute atomic E-state index is 0.0136. The third kappa shape index (κ3) is 5.70. The summed E-state index contributed by atoms with van der Waals surface area (Å²) in [5.41, 5.74) is 1.21. The third-order valence-electron chi connectivity index (χ3n) is 4.14. The molecular weight excluding hydrogens is 288 g/mol. The van der Waals surface area contributed by atoms with Gasteiger partial charge >= 0.3 is 0 Å². The minimum Gasteiger partial charge on any atom is -0.339 e. The quantitative estimate of drug-likeness (QED) is 0.857. The Kier molecular flexibility index (Phi) is 5.80. The molecular formula is C19H28N2O2. The van der Waals surface area contributed by atoms with Crippen LogP contribution in [0, 0.1) is 5.41 Å². The number of hydrogen-bond donors (Lipinski definition) is 0. The predicted octanol–water partition coefficient (Wildman–Crippen LogP) is 2.73. The third-order valence-corrected chi connectivity index (χ3v) is 4.14. The fraction of sp³-hybridized carbons (Fsp3) is 0.579. The number of nitrogens with zero attached hydrogens (tertiary/aromatic N) is 2. The number of rotatable bonds is 4. The van der Waals surface area contributed by atoms with Crippen LogP contribution in [0.4, 0.5) is 0 Å². The van der Waals surface area contributed by atoms with Crippen LogP contribution in [0.25, 0.3) is 0 Å². The zero-order chi connectivity index (χ0) is 16.9. The second kappa shape index (κ2) is 7.62. The van der Waals surface area contributed by atoms with Gasteiger partial charge in [0.2, 0.25) is 11.8 Å². The lowest BCUT2D eigenvalue weighted by Crippen LogP contribution is -2.51. The highest BCUT2D eigenvalue weighted by atomic mass is 16.2. The zero-order valence-electron chi connectivity index (χ0n) is 14.5. The van der Waals surface area contributed by atoms with Crippen LogP contribution in [-0.2, 0) is 16.0 Å². The standard InChI is InChI=1S/C19H28N2O2/c1-19(2,3)15-18(23)21-13-11-20(12-14-21)17(22)10-9-16-7-5-4-6-8-16/h4-8H,9-15H2,1-3H3. The van der Waals surface area contributed by atoms with Gasteiger partial charge in [-0.1, -0.05) is 51.1 Å². The summed E-state index contributed by atoms with van der Waals surface area (Å²) in [7, 11) is 0.